The summed E-state index contributed by atoms with van der Waals surface area (Å²) in [5.41, 5.74) is 3.19. The summed E-state index contributed by atoms with van der Waals surface area (Å²) in [5.74, 6) is -0.150. The van der Waals surface area contributed by atoms with Crippen LogP contribution in [0.1, 0.15) is 38.3 Å². The van der Waals surface area contributed by atoms with E-state index in [-0.39, 0.29) is 11.8 Å². The van der Waals surface area contributed by atoms with E-state index in [4.69, 9.17) is 4.74 Å². The van der Waals surface area contributed by atoms with Gasteiger partial charge in [-0.05, 0) is 42.2 Å². The second kappa shape index (κ2) is 6.82. The quantitative estimate of drug-likeness (QED) is 0.823. The maximum atomic E-state index is 13.1. The number of ether oxygens (including phenoxy) is 1. The molecule has 1 saturated heterocycles. The van der Waals surface area contributed by atoms with Crippen LogP contribution in [0.3, 0.4) is 0 Å². The van der Waals surface area contributed by atoms with Gasteiger partial charge in [0.2, 0.25) is 0 Å². The van der Waals surface area contributed by atoms with E-state index in [0.717, 1.165) is 12.8 Å². The summed E-state index contributed by atoms with van der Waals surface area (Å²) >= 11 is 0. The molecule has 1 aliphatic carbocycles. The first kappa shape index (κ1) is 17.7. The third kappa shape index (κ3) is 3.12. The molecule has 0 N–H and O–H groups in total. The van der Waals surface area contributed by atoms with Crippen LogP contribution in [-0.4, -0.2) is 55.4 Å². The third-order valence-electron chi connectivity index (χ3n) is 5.54. The zero-order valence-electron chi connectivity index (χ0n) is 15.8. The molecule has 27 heavy (non-hydrogen) atoms. The van der Waals surface area contributed by atoms with Crippen molar-refractivity contribution in [3.8, 4) is 0 Å². The lowest BCUT2D eigenvalue weighted by molar-refractivity contribution is -0.103. The van der Waals surface area contributed by atoms with Gasteiger partial charge in [0.25, 0.3) is 11.8 Å². The first-order chi connectivity index (χ1) is 13.0. The van der Waals surface area contributed by atoms with Crippen LogP contribution in [0.15, 0.2) is 48.5 Å². The highest BCUT2D eigenvalue weighted by Gasteiger charge is 2.44. The second-order valence-corrected chi connectivity index (χ2v) is 7.51. The highest BCUT2D eigenvalue weighted by atomic mass is 16.5. The van der Waals surface area contributed by atoms with Crippen LogP contribution >= 0.6 is 0 Å². The largest absolute Gasteiger partial charge is 0.367 e. The monoisotopic (exact) mass is 364 g/mol. The van der Waals surface area contributed by atoms with Gasteiger partial charge in [0, 0.05) is 31.8 Å². The summed E-state index contributed by atoms with van der Waals surface area (Å²) in [7, 11) is 3.42. The number of benzene rings is 2. The van der Waals surface area contributed by atoms with Gasteiger partial charge in [0.05, 0.1) is 13.2 Å². The Labute approximate surface area is 159 Å². The Balaban J connectivity index is 1.59. The molecule has 4 rings (SSSR count). The highest BCUT2D eigenvalue weighted by Crippen LogP contribution is 2.42. The van der Waals surface area contributed by atoms with Gasteiger partial charge >= 0.3 is 0 Å². The Kier molecular flexibility index (Phi) is 4.48. The number of amides is 2. The van der Waals surface area contributed by atoms with Gasteiger partial charge in [0.1, 0.15) is 5.60 Å². The predicted molar refractivity (Wildman–Crippen MR) is 103 cm³/mol. The lowest BCUT2D eigenvalue weighted by Gasteiger charge is -2.41. The molecule has 0 saturated carbocycles. The van der Waals surface area contributed by atoms with Crippen LogP contribution in [0.4, 0.5) is 0 Å². The normalized spacial score (nSPS) is 21.2. The number of carbonyl (C=O) groups is 2. The average molecular weight is 364 g/mol. The number of carbonyl (C=O) groups excluding carboxylic acids is 2. The fourth-order valence-electron chi connectivity index (χ4n) is 4.15. The van der Waals surface area contributed by atoms with Gasteiger partial charge in [-0.25, -0.2) is 0 Å². The van der Waals surface area contributed by atoms with E-state index in [1.54, 1.807) is 38.4 Å². The van der Waals surface area contributed by atoms with Crippen molar-refractivity contribution in [2.24, 2.45) is 0 Å². The van der Waals surface area contributed by atoms with Crippen molar-refractivity contribution in [1.82, 2.24) is 9.80 Å². The van der Waals surface area contributed by atoms with Crippen LogP contribution in [0.5, 0.6) is 0 Å². The number of rotatable bonds is 2. The minimum atomic E-state index is -0.401. The Morgan fingerprint density at radius 3 is 2.67 bits per heavy atom. The van der Waals surface area contributed by atoms with Gasteiger partial charge in [-0.1, -0.05) is 30.3 Å². The Bertz CT molecular complexity index is 889. The molecule has 1 spiro atoms. The maximum absolute atomic E-state index is 13.1. The van der Waals surface area contributed by atoms with Crippen molar-refractivity contribution in [2.75, 3.05) is 33.8 Å². The minimum Gasteiger partial charge on any atom is -0.367 e. The molecule has 1 aliphatic heterocycles. The van der Waals surface area contributed by atoms with Gasteiger partial charge in [-0.3, -0.25) is 9.59 Å². The van der Waals surface area contributed by atoms with Crippen LogP contribution in [-0.2, 0) is 16.8 Å². The molecule has 1 atom stereocenters. The minimum absolute atomic E-state index is 0.0459. The Morgan fingerprint density at radius 1 is 1.07 bits per heavy atom. The first-order valence-electron chi connectivity index (χ1n) is 9.33. The van der Waals surface area contributed by atoms with E-state index in [1.165, 1.54) is 16.0 Å². The number of hydrogen-bond donors (Lipinski definition) is 0. The first-order valence-corrected chi connectivity index (χ1v) is 9.33. The molecule has 0 radical (unpaired) electrons. The van der Waals surface area contributed by atoms with E-state index >= 15 is 0 Å². The fraction of sp³-hybridized carbons (Fsp3) is 0.364. The summed E-state index contributed by atoms with van der Waals surface area (Å²) in [6.45, 7) is 1.64. The van der Waals surface area contributed by atoms with E-state index in [1.807, 2.05) is 11.0 Å². The summed E-state index contributed by atoms with van der Waals surface area (Å²) < 4.78 is 6.21. The lowest BCUT2D eigenvalue weighted by Crippen LogP contribution is -2.51. The van der Waals surface area contributed by atoms with Crippen molar-refractivity contribution in [3.63, 3.8) is 0 Å². The van der Waals surface area contributed by atoms with Crippen LogP contribution in [0.25, 0.3) is 0 Å². The molecule has 2 amide bonds. The number of hydrogen-bond acceptors (Lipinski definition) is 3. The molecule has 5 nitrogen and oxygen atoms in total. The number of nitrogens with zero attached hydrogens (tertiary/aromatic N) is 2. The summed E-state index contributed by atoms with van der Waals surface area (Å²) in [4.78, 5) is 28.7. The molecule has 2 aromatic rings. The van der Waals surface area contributed by atoms with Crippen molar-refractivity contribution in [2.45, 2.75) is 18.4 Å². The summed E-state index contributed by atoms with van der Waals surface area (Å²) in [6.07, 6.45) is 1.88. The topological polar surface area (TPSA) is 49.9 Å². The molecular formula is C22H24N2O3. The van der Waals surface area contributed by atoms with E-state index in [9.17, 15) is 9.59 Å². The molecule has 1 heterocycles. The van der Waals surface area contributed by atoms with Crippen molar-refractivity contribution < 1.29 is 14.3 Å². The standard InChI is InChI=1S/C22H24N2O3/c1-23(2)20(25)17-7-5-8-18(14-17)21(26)24-12-13-27-22(15-24)11-10-16-6-3-4-9-19(16)22/h3-9,14H,10-13,15H2,1-2H3. The van der Waals surface area contributed by atoms with E-state index in [0.29, 0.717) is 30.8 Å². The predicted octanol–water partition coefficient (Wildman–Crippen LogP) is 2.70. The molecule has 2 aromatic carbocycles. The van der Waals surface area contributed by atoms with E-state index in [2.05, 4.69) is 18.2 Å². The van der Waals surface area contributed by atoms with Crippen LogP contribution in [0.2, 0.25) is 0 Å². The van der Waals surface area contributed by atoms with E-state index < -0.39 is 5.60 Å². The molecule has 1 unspecified atom stereocenters. The van der Waals surface area contributed by atoms with Gasteiger partial charge in [-0.2, -0.15) is 0 Å². The summed E-state index contributed by atoms with van der Waals surface area (Å²) in [6, 6.07) is 15.3. The number of aryl methyl sites for hydroxylation is 1. The van der Waals surface area contributed by atoms with Crippen molar-refractivity contribution in [3.05, 3.63) is 70.8 Å². The second-order valence-electron chi connectivity index (χ2n) is 7.51. The zero-order chi connectivity index (χ0) is 19.0. The highest BCUT2D eigenvalue weighted by molar-refractivity contribution is 5.99. The average Bonchev–Trinajstić information content (AvgIpc) is 3.05. The third-order valence-corrected chi connectivity index (χ3v) is 5.54. The van der Waals surface area contributed by atoms with Crippen molar-refractivity contribution in [1.29, 1.82) is 0 Å². The maximum Gasteiger partial charge on any atom is 0.254 e. The fourth-order valence-corrected chi connectivity index (χ4v) is 4.15. The molecule has 0 bridgehead atoms. The van der Waals surface area contributed by atoms with Crippen molar-refractivity contribution >= 4 is 11.8 Å². The smallest absolute Gasteiger partial charge is 0.254 e. The molecule has 5 heteroatoms. The molecule has 2 aliphatic rings. The molecule has 1 fully saturated rings. The van der Waals surface area contributed by atoms with Gasteiger partial charge in [0.15, 0.2) is 0 Å². The number of morpholine rings is 1. The lowest BCUT2D eigenvalue weighted by atomic mass is 9.93. The van der Waals surface area contributed by atoms with Gasteiger partial charge < -0.3 is 14.5 Å². The summed E-state index contributed by atoms with van der Waals surface area (Å²) in [5, 5.41) is 0. The number of fused-ring (bicyclic) bond motifs is 2. The molecule has 0 aromatic heterocycles. The molecule has 140 valence electrons. The molecular weight excluding hydrogens is 340 g/mol. The van der Waals surface area contributed by atoms with Gasteiger partial charge in [-0.15, -0.1) is 0 Å². The van der Waals surface area contributed by atoms with Crippen LogP contribution in [0, 0.1) is 0 Å². The Morgan fingerprint density at radius 2 is 1.85 bits per heavy atom. The SMILES string of the molecule is CN(C)C(=O)c1cccc(C(=O)N2CCOC3(CCc4ccccc43)C2)c1. The zero-order valence-corrected chi connectivity index (χ0v) is 15.8. The van der Waals surface area contributed by atoms with Crippen LogP contribution < -0.4 is 0 Å². The Hall–Kier alpha value is -2.66.